The van der Waals surface area contributed by atoms with E-state index in [1.165, 1.54) is 22.8 Å². The van der Waals surface area contributed by atoms with E-state index in [4.69, 9.17) is 5.11 Å². The second-order valence-electron chi connectivity index (χ2n) is 5.07. The van der Waals surface area contributed by atoms with Crippen molar-refractivity contribution in [2.75, 3.05) is 0 Å². The van der Waals surface area contributed by atoms with Crippen molar-refractivity contribution in [2.24, 2.45) is 0 Å². The molecule has 2 heteroatoms. The van der Waals surface area contributed by atoms with E-state index in [2.05, 4.69) is 43.3 Å². The minimum absolute atomic E-state index is 0.667. The fourth-order valence-electron chi connectivity index (χ4n) is 2.14. The van der Waals surface area contributed by atoms with E-state index in [0.717, 1.165) is 11.1 Å². The number of hydrogen-bond acceptors (Lipinski definition) is 1. The molecule has 2 aromatic carbocycles. The highest BCUT2D eigenvalue weighted by Crippen LogP contribution is 2.21. The number of carboxylic acid groups (broad SMARTS) is 1. The van der Waals surface area contributed by atoms with Crippen molar-refractivity contribution in [1.29, 1.82) is 0 Å². The molecule has 0 aliphatic carbocycles. The summed E-state index contributed by atoms with van der Waals surface area (Å²) in [6.45, 7) is 3.91. The second-order valence-corrected chi connectivity index (χ2v) is 5.07. The largest absolute Gasteiger partial charge is 0.478 e. The molecule has 0 fully saturated rings. The monoisotopic (exact) mass is 266 g/mol. The number of allylic oxidation sites excluding steroid dienone is 1. The van der Waals surface area contributed by atoms with Crippen LogP contribution < -0.4 is 0 Å². The lowest BCUT2D eigenvalue weighted by molar-refractivity contribution is -0.131. The van der Waals surface area contributed by atoms with Crippen LogP contribution in [0.2, 0.25) is 0 Å². The average Bonchev–Trinajstić information content (AvgIpc) is 2.39. The fraction of sp³-hybridized carbons (Fsp3) is 0.167. The van der Waals surface area contributed by atoms with Crippen LogP contribution in [0.4, 0.5) is 0 Å². The van der Waals surface area contributed by atoms with E-state index in [-0.39, 0.29) is 0 Å². The van der Waals surface area contributed by atoms with Crippen LogP contribution in [0.5, 0.6) is 0 Å². The van der Waals surface area contributed by atoms with E-state index in [9.17, 15) is 4.79 Å². The third kappa shape index (κ3) is 3.82. The van der Waals surface area contributed by atoms with Crippen LogP contribution in [-0.4, -0.2) is 11.1 Å². The summed E-state index contributed by atoms with van der Waals surface area (Å²) in [7, 11) is 0. The molecule has 20 heavy (non-hydrogen) atoms. The summed E-state index contributed by atoms with van der Waals surface area (Å²) in [4.78, 5) is 10.6. The van der Waals surface area contributed by atoms with Crippen molar-refractivity contribution in [2.45, 2.75) is 20.3 Å². The molecule has 0 spiro atoms. The molecule has 1 N–H and O–H groups in total. The smallest absolute Gasteiger partial charge is 0.328 e. The summed E-state index contributed by atoms with van der Waals surface area (Å²) in [6, 6.07) is 16.7. The van der Waals surface area contributed by atoms with E-state index >= 15 is 0 Å². The summed E-state index contributed by atoms with van der Waals surface area (Å²) >= 11 is 0. The van der Waals surface area contributed by atoms with Crippen molar-refractivity contribution >= 4 is 5.97 Å². The third-order valence-corrected chi connectivity index (χ3v) is 3.19. The van der Waals surface area contributed by atoms with E-state index in [1.54, 1.807) is 0 Å². The van der Waals surface area contributed by atoms with Crippen molar-refractivity contribution in [1.82, 2.24) is 0 Å². The number of carbonyl (C=O) groups is 1. The number of aliphatic carboxylic acids is 1. The zero-order chi connectivity index (χ0) is 14.5. The highest BCUT2D eigenvalue weighted by molar-refractivity contribution is 5.80. The summed E-state index contributed by atoms with van der Waals surface area (Å²) in [5.41, 5.74) is 5.59. The molecule has 0 aliphatic heterocycles. The van der Waals surface area contributed by atoms with Crippen LogP contribution in [0.25, 0.3) is 11.1 Å². The first-order chi connectivity index (χ1) is 9.54. The van der Waals surface area contributed by atoms with Gasteiger partial charge in [0.1, 0.15) is 0 Å². The van der Waals surface area contributed by atoms with Gasteiger partial charge in [0.25, 0.3) is 0 Å². The molecule has 0 aromatic heterocycles. The van der Waals surface area contributed by atoms with Gasteiger partial charge in [-0.2, -0.15) is 0 Å². The molecule has 0 heterocycles. The number of aryl methyl sites for hydroxylation is 1. The Kier molecular flexibility index (Phi) is 4.36. The van der Waals surface area contributed by atoms with Crippen LogP contribution in [0.15, 0.2) is 60.2 Å². The van der Waals surface area contributed by atoms with Crippen LogP contribution in [-0.2, 0) is 11.2 Å². The van der Waals surface area contributed by atoms with Gasteiger partial charge >= 0.3 is 5.97 Å². The summed E-state index contributed by atoms with van der Waals surface area (Å²) in [6.07, 6.45) is 1.92. The first-order valence-corrected chi connectivity index (χ1v) is 6.60. The Balaban J connectivity index is 2.14. The molecular weight excluding hydrogens is 248 g/mol. The molecule has 0 saturated carbocycles. The van der Waals surface area contributed by atoms with E-state index in [1.807, 2.05) is 19.1 Å². The van der Waals surface area contributed by atoms with Crippen LogP contribution in [0, 0.1) is 6.92 Å². The van der Waals surface area contributed by atoms with Gasteiger partial charge in [0.2, 0.25) is 0 Å². The van der Waals surface area contributed by atoms with Crippen LogP contribution >= 0.6 is 0 Å². The Bertz CT molecular complexity index is 619. The predicted octanol–water partition coefficient (Wildman–Crippen LogP) is 4.24. The molecule has 0 amide bonds. The van der Waals surface area contributed by atoms with Gasteiger partial charge in [-0.25, -0.2) is 4.79 Å². The Morgan fingerprint density at radius 1 is 1.00 bits per heavy atom. The second kappa shape index (κ2) is 6.20. The van der Waals surface area contributed by atoms with E-state index < -0.39 is 5.97 Å². The third-order valence-electron chi connectivity index (χ3n) is 3.19. The lowest BCUT2D eigenvalue weighted by Crippen LogP contribution is -1.93. The minimum atomic E-state index is -0.890. The molecule has 0 atom stereocenters. The maximum atomic E-state index is 10.6. The molecule has 0 unspecified atom stereocenters. The molecule has 2 rings (SSSR count). The summed E-state index contributed by atoms with van der Waals surface area (Å²) in [5, 5.41) is 8.70. The van der Waals surface area contributed by atoms with Gasteiger partial charge in [0, 0.05) is 6.08 Å². The van der Waals surface area contributed by atoms with Crippen LogP contribution in [0.3, 0.4) is 0 Å². The SMILES string of the molecule is C/C(=C\C(=O)O)Cc1ccc(-c2ccc(C)cc2)cc1. The number of hydrogen-bond donors (Lipinski definition) is 1. The highest BCUT2D eigenvalue weighted by Gasteiger charge is 2.00. The first kappa shape index (κ1) is 14.1. The highest BCUT2D eigenvalue weighted by atomic mass is 16.4. The zero-order valence-corrected chi connectivity index (χ0v) is 11.8. The molecule has 2 nitrogen and oxygen atoms in total. The fourth-order valence-corrected chi connectivity index (χ4v) is 2.14. The van der Waals surface area contributed by atoms with Gasteiger partial charge in [0.05, 0.1) is 0 Å². The van der Waals surface area contributed by atoms with Gasteiger partial charge in [-0.3, -0.25) is 0 Å². The molecule has 2 aromatic rings. The number of benzene rings is 2. The molecule has 0 aliphatic rings. The van der Waals surface area contributed by atoms with Crippen molar-refractivity contribution < 1.29 is 9.90 Å². The van der Waals surface area contributed by atoms with Crippen LogP contribution in [0.1, 0.15) is 18.1 Å². The van der Waals surface area contributed by atoms with Gasteiger partial charge < -0.3 is 5.11 Å². The maximum Gasteiger partial charge on any atom is 0.328 e. The Labute approximate surface area is 119 Å². The Morgan fingerprint density at radius 2 is 1.50 bits per heavy atom. The molecular formula is C18H18O2. The van der Waals surface area contributed by atoms with Gasteiger partial charge in [-0.05, 0) is 37.0 Å². The molecule has 0 saturated heterocycles. The van der Waals surface area contributed by atoms with Crippen molar-refractivity contribution in [3.63, 3.8) is 0 Å². The summed E-state index contributed by atoms with van der Waals surface area (Å²) < 4.78 is 0. The van der Waals surface area contributed by atoms with Crippen molar-refractivity contribution in [3.8, 4) is 11.1 Å². The predicted molar refractivity (Wildman–Crippen MR) is 81.7 cm³/mol. The average molecular weight is 266 g/mol. The number of carboxylic acids is 1. The minimum Gasteiger partial charge on any atom is -0.478 e. The Morgan fingerprint density at radius 3 is 2.00 bits per heavy atom. The quantitative estimate of drug-likeness (QED) is 0.841. The molecule has 0 bridgehead atoms. The molecule has 102 valence electrons. The van der Waals surface area contributed by atoms with Gasteiger partial charge in [0.15, 0.2) is 0 Å². The number of rotatable bonds is 4. The van der Waals surface area contributed by atoms with Gasteiger partial charge in [-0.1, -0.05) is 59.7 Å². The summed E-state index contributed by atoms with van der Waals surface area (Å²) in [5.74, 6) is -0.890. The normalized spacial score (nSPS) is 11.4. The first-order valence-electron chi connectivity index (χ1n) is 6.60. The lowest BCUT2D eigenvalue weighted by atomic mass is 10.00. The lowest BCUT2D eigenvalue weighted by Gasteiger charge is -2.05. The maximum absolute atomic E-state index is 10.6. The topological polar surface area (TPSA) is 37.3 Å². The standard InChI is InChI=1S/C18H18O2/c1-13-3-7-16(8-4-13)17-9-5-15(6-10-17)11-14(2)12-18(19)20/h3-10,12H,11H2,1-2H3,(H,19,20)/b14-12+. The van der Waals surface area contributed by atoms with Gasteiger partial charge in [-0.15, -0.1) is 0 Å². The van der Waals surface area contributed by atoms with E-state index in [0.29, 0.717) is 6.42 Å². The Hall–Kier alpha value is -2.35. The van der Waals surface area contributed by atoms with Crippen molar-refractivity contribution in [3.05, 3.63) is 71.3 Å². The zero-order valence-electron chi connectivity index (χ0n) is 11.8. The molecule has 0 radical (unpaired) electrons.